The Hall–Kier alpha value is -2.15. The number of fused-ring (bicyclic) bond motifs is 1. The number of nitrogens with zero attached hydrogens (tertiary/aromatic N) is 2. The van der Waals surface area contributed by atoms with Gasteiger partial charge in [-0.3, -0.25) is 9.59 Å². The Balaban J connectivity index is 1.85. The topological polar surface area (TPSA) is 110 Å². The van der Waals surface area contributed by atoms with Crippen LogP contribution in [0.4, 0.5) is 0 Å². The number of hydrazone groups is 1. The van der Waals surface area contributed by atoms with Crippen molar-refractivity contribution in [3.8, 4) is 5.75 Å². The molecule has 2 aromatic carbocycles. The van der Waals surface area contributed by atoms with E-state index in [-0.39, 0.29) is 17.9 Å². The molecule has 0 aliphatic heterocycles. The number of rotatable bonds is 5. The van der Waals surface area contributed by atoms with Crippen molar-refractivity contribution in [2.75, 3.05) is 0 Å². The number of para-hydroxylation sites is 1. The number of phenolic OH excluding ortho intramolecular Hbond substituents is 1. The molecular weight excluding hydrogens is 574 g/mol. The van der Waals surface area contributed by atoms with E-state index in [2.05, 4.69) is 33.1 Å². The summed E-state index contributed by atoms with van der Waals surface area (Å²) >= 11 is 4.04. The molecule has 0 fully saturated rings. The summed E-state index contributed by atoms with van der Waals surface area (Å²) in [6.45, 7) is 0.0511. The first-order valence-corrected chi connectivity index (χ1v) is 9.90. The van der Waals surface area contributed by atoms with E-state index in [1.54, 1.807) is 22.9 Å². The molecular formula is C18H14I2N4O3. The van der Waals surface area contributed by atoms with Gasteiger partial charge >= 0.3 is 0 Å². The predicted octanol–water partition coefficient (Wildman–Crippen LogP) is 2.81. The summed E-state index contributed by atoms with van der Waals surface area (Å²) in [5.74, 6) is -1.04. The average molecular weight is 588 g/mol. The van der Waals surface area contributed by atoms with Crippen LogP contribution in [0.2, 0.25) is 0 Å². The lowest BCUT2D eigenvalue weighted by Gasteiger charge is -2.05. The van der Waals surface area contributed by atoms with Crippen molar-refractivity contribution >= 4 is 74.1 Å². The summed E-state index contributed by atoms with van der Waals surface area (Å²) in [6.07, 6.45) is 3.24. The lowest BCUT2D eigenvalue weighted by Crippen LogP contribution is -2.18. The van der Waals surface area contributed by atoms with E-state index in [1.165, 1.54) is 6.21 Å². The summed E-state index contributed by atoms with van der Waals surface area (Å²) in [7, 11) is 0. The van der Waals surface area contributed by atoms with Crippen LogP contribution in [0.3, 0.4) is 0 Å². The van der Waals surface area contributed by atoms with Crippen LogP contribution in [0.5, 0.6) is 5.75 Å². The van der Waals surface area contributed by atoms with E-state index < -0.39 is 11.8 Å². The highest BCUT2D eigenvalue weighted by Crippen LogP contribution is 2.27. The first-order chi connectivity index (χ1) is 12.9. The van der Waals surface area contributed by atoms with Crippen molar-refractivity contribution in [1.29, 1.82) is 0 Å². The van der Waals surface area contributed by atoms with Crippen molar-refractivity contribution in [2.45, 2.75) is 6.54 Å². The molecule has 4 N–H and O–H groups in total. The fourth-order valence-electron chi connectivity index (χ4n) is 2.64. The zero-order chi connectivity index (χ0) is 19.6. The lowest BCUT2D eigenvalue weighted by molar-refractivity contribution is -0.118. The van der Waals surface area contributed by atoms with Crippen LogP contribution < -0.4 is 11.2 Å². The van der Waals surface area contributed by atoms with Crippen LogP contribution in [0.1, 0.15) is 15.9 Å². The maximum Gasteiger partial charge on any atom is 0.275 e. The third-order valence-corrected chi connectivity index (χ3v) is 5.23. The van der Waals surface area contributed by atoms with Crippen LogP contribution in [-0.4, -0.2) is 27.7 Å². The minimum Gasteiger partial charge on any atom is -0.506 e. The first-order valence-electron chi connectivity index (χ1n) is 7.74. The number of carbonyl (C=O) groups is 2. The van der Waals surface area contributed by atoms with E-state index in [0.717, 1.165) is 20.0 Å². The van der Waals surface area contributed by atoms with Gasteiger partial charge in [-0.15, -0.1) is 0 Å². The Bertz CT molecular complexity index is 1080. The summed E-state index contributed by atoms with van der Waals surface area (Å²) in [5, 5.41) is 14.9. The van der Waals surface area contributed by atoms with Gasteiger partial charge in [-0.25, -0.2) is 5.43 Å². The Kier molecular flexibility index (Phi) is 5.99. The van der Waals surface area contributed by atoms with Gasteiger partial charge in [0.15, 0.2) is 0 Å². The Morgan fingerprint density at radius 2 is 2.00 bits per heavy atom. The van der Waals surface area contributed by atoms with Gasteiger partial charge in [0.05, 0.1) is 15.3 Å². The summed E-state index contributed by atoms with van der Waals surface area (Å²) in [4.78, 5) is 23.6. The maximum absolute atomic E-state index is 12.3. The average Bonchev–Trinajstić information content (AvgIpc) is 2.95. The number of halogens is 2. The highest BCUT2D eigenvalue weighted by atomic mass is 127. The number of hydrogen-bond donors (Lipinski definition) is 3. The highest BCUT2D eigenvalue weighted by molar-refractivity contribution is 14.1. The predicted molar refractivity (Wildman–Crippen MR) is 120 cm³/mol. The van der Waals surface area contributed by atoms with Gasteiger partial charge < -0.3 is 15.4 Å². The number of hydrogen-bond acceptors (Lipinski definition) is 4. The number of phenols is 1. The Morgan fingerprint density at radius 1 is 1.26 bits per heavy atom. The molecule has 0 aliphatic carbocycles. The van der Waals surface area contributed by atoms with E-state index in [1.807, 2.05) is 46.9 Å². The number of carbonyl (C=O) groups excluding carboxylic acids is 2. The molecule has 2 amide bonds. The molecule has 0 unspecified atom stereocenters. The van der Waals surface area contributed by atoms with Crippen molar-refractivity contribution in [2.24, 2.45) is 10.8 Å². The van der Waals surface area contributed by atoms with Gasteiger partial charge in [0.1, 0.15) is 12.3 Å². The van der Waals surface area contributed by atoms with Crippen molar-refractivity contribution in [1.82, 2.24) is 9.99 Å². The number of aromatic hydroxyl groups is 1. The minimum absolute atomic E-state index is 0.0511. The van der Waals surface area contributed by atoms with Gasteiger partial charge in [-0.1, -0.05) is 18.2 Å². The van der Waals surface area contributed by atoms with Crippen LogP contribution in [0.15, 0.2) is 47.7 Å². The highest BCUT2D eigenvalue weighted by Gasteiger charge is 2.14. The molecule has 0 aliphatic rings. The monoisotopic (exact) mass is 588 g/mol. The van der Waals surface area contributed by atoms with Crippen LogP contribution in [0, 0.1) is 7.14 Å². The molecule has 0 atom stereocenters. The number of amides is 2. The standard InChI is InChI=1S/C18H14I2N4O3/c19-11-5-13(17(26)14(20)6-11)18(27)23-22-7-10-8-24(9-16(21)25)15-4-2-1-3-12(10)15/h1-8,26H,9H2,(H2,21,25)(H,23,27)/b22-7+. The molecule has 138 valence electrons. The molecule has 27 heavy (non-hydrogen) atoms. The van der Waals surface area contributed by atoms with E-state index in [4.69, 9.17) is 5.73 Å². The number of aromatic nitrogens is 1. The maximum atomic E-state index is 12.3. The second kappa shape index (κ2) is 8.25. The molecule has 7 nitrogen and oxygen atoms in total. The third kappa shape index (κ3) is 4.40. The molecule has 1 aromatic heterocycles. The number of nitrogens with two attached hydrogens (primary N) is 1. The van der Waals surface area contributed by atoms with E-state index >= 15 is 0 Å². The van der Waals surface area contributed by atoms with Gasteiger partial charge in [0.2, 0.25) is 5.91 Å². The summed E-state index contributed by atoms with van der Waals surface area (Å²) < 4.78 is 3.15. The molecule has 1 heterocycles. The molecule has 9 heteroatoms. The smallest absolute Gasteiger partial charge is 0.275 e. The summed E-state index contributed by atoms with van der Waals surface area (Å²) in [6, 6.07) is 10.9. The molecule has 0 spiro atoms. The zero-order valence-electron chi connectivity index (χ0n) is 13.8. The second-order valence-electron chi connectivity index (χ2n) is 5.68. The second-order valence-corrected chi connectivity index (χ2v) is 8.09. The lowest BCUT2D eigenvalue weighted by atomic mass is 10.2. The molecule has 0 bridgehead atoms. The van der Waals surface area contributed by atoms with Crippen LogP contribution in [-0.2, 0) is 11.3 Å². The Morgan fingerprint density at radius 3 is 2.74 bits per heavy atom. The van der Waals surface area contributed by atoms with Crippen molar-refractivity contribution < 1.29 is 14.7 Å². The SMILES string of the molecule is NC(=O)Cn1cc(/C=N/NC(=O)c2cc(I)cc(I)c2O)c2ccccc21. The van der Waals surface area contributed by atoms with E-state index in [0.29, 0.717) is 3.57 Å². The number of benzene rings is 2. The molecule has 0 radical (unpaired) electrons. The fraction of sp³-hybridized carbons (Fsp3) is 0.0556. The fourth-order valence-corrected chi connectivity index (χ4v) is 4.48. The first kappa shape index (κ1) is 19.6. The number of primary amides is 1. The zero-order valence-corrected chi connectivity index (χ0v) is 18.1. The largest absolute Gasteiger partial charge is 0.506 e. The number of nitrogens with one attached hydrogen (secondary N) is 1. The molecule has 3 aromatic rings. The third-order valence-electron chi connectivity index (χ3n) is 3.79. The normalized spacial score (nSPS) is 11.2. The van der Waals surface area contributed by atoms with Crippen molar-refractivity contribution in [3.63, 3.8) is 0 Å². The van der Waals surface area contributed by atoms with Gasteiger partial charge in [0.25, 0.3) is 5.91 Å². The summed E-state index contributed by atoms with van der Waals surface area (Å²) in [5.41, 5.74) is 9.44. The quantitative estimate of drug-likeness (QED) is 0.243. The molecule has 0 saturated carbocycles. The van der Waals surface area contributed by atoms with Crippen LogP contribution in [0.25, 0.3) is 10.9 Å². The van der Waals surface area contributed by atoms with Crippen LogP contribution >= 0.6 is 45.2 Å². The van der Waals surface area contributed by atoms with Gasteiger partial charge in [0, 0.05) is 26.2 Å². The van der Waals surface area contributed by atoms with Crippen molar-refractivity contribution in [3.05, 3.63) is 60.9 Å². The van der Waals surface area contributed by atoms with E-state index in [9.17, 15) is 14.7 Å². The van der Waals surface area contributed by atoms with Gasteiger partial charge in [-0.05, 0) is 63.4 Å². The molecule has 3 rings (SSSR count). The molecule has 0 saturated heterocycles. The Labute approximate surface area is 181 Å². The van der Waals surface area contributed by atoms with Gasteiger partial charge in [-0.2, -0.15) is 5.10 Å². The minimum atomic E-state index is -0.513.